The van der Waals surface area contributed by atoms with E-state index in [-0.39, 0.29) is 0 Å². The van der Waals surface area contributed by atoms with Gasteiger partial charge in [-0.25, -0.2) is 4.98 Å². The summed E-state index contributed by atoms with van der Waals surface area (Å²) >= 11 is 1.78. The van der Waals surface area contributed by atoms with Gasteiger partial charge >= 0.3 is 0 Å². The van der Waals surface area contributed by atoms with E-state index in [1.54, 1.807) is 11.3 Å². The third-order valence-corrected chi connectivity index (χ3v) is 3.90. The smallest absolute Gasteiger partial charge is 0.119 e. The third-order valence-electron chi connectivity index (χ3n) is 2.87. The molecular formula is C15H20N2OS. The van der Waals surface area contributed by atoms with E-state index in [0.29, 0.717) is 6.61 Å². The molecular weight excluding hydrogens is 256 g/mol. The lowest BCUT2D eigenvalue weighted by Gasteiger charge is -2.04. The van der Waals surface area contributed by atoms with Gasteiger partial charge in [-0.05, 0) is 45.2 Å². The second kappa shape index (κ2) is 6.68. The summed E-state index contributed by atoms with van der Waals surface area (Å²) in [6, 6.07) is 8.17. The second-order valence-electron chi connectivity index (χ2n) is 4.32. The summed E-state index contributed by atoms with van der Waals surface area (Å²) in [5, 5.41) is 4.35. The van der Waals surface area contributed by atoms with E-state index in [1.165, 1.54) is 9.88 Å². The van der Waals surface area contributed by atoms with Gasteiger partial charge in [-0.1, -0.05) is 0 Å². The van der Waals surface area contributed by atoms with Crippen LogP contribution in [0.15, 0.2) is 24.3 Å². The highest BCUT2D eigenvalue weighted by Crippen LogP contribution is 2.28. The van der Waals surface area contributed by atoms with Gasteiger partial charge in [0.1, 0.15) is 5.75 Å². The molecule has 0 aliphatic rings. The molecule has 4 heteroatoms. The molecule has 0 spiro atoms. The molecule has 0 saturated heterocycles. The van der Waals surface area contributed by atoms with Crippen molar-refractivity contribution in [2.75, 3.05) is 20.2 Å². The molecule has 0 aliphatic carbocycles. The Morgan fingerprint density at radius 3 is 2.63 bits per heavy atom. The molecule has 2 aromatic rings. The summed E-state index contributed by atoms with van der Waals surface area (Å²) in [6.07, 6.45) is 0.985. The summed E-state index contributed by atoms with van der Waals surface area (Å²) in [6.45, 7) is 5.79. The quantitative estimate of drug-likeness (QED) is 0.879. The Hall–Kier alpha value is -1.39. The van der Waals surface area contributed by atoms with E-state index in [9.17, 15) is 0 Å². The normalized spacial score (nSPS) is 10.7. The van der Waals surface area contributed by atoms with Gasteiger partial charge < -0.3 is 10.1 Å². The Morgan fingerprint density at radius 1 is 1.26 bits per heavy atom. The summed E-state index contributed by atoms with van der Waals surface area (Å²) in [5.74, 6) is 0.912. The van der Waals surface area contributed by atoms with Crippen molar-refractivity contribution in [3.05, 3.63) is 34.2 Å². The molecule has 0 radical (unpaired) electrons. The van der Waals surface area contributed by atoms with Crippen LogP contribution in [0.1, 0.15) is 16.8 Å². The Labute approximate surface area is 118 Å². The van der Waals surface area contributed by atoms with Crippen LogP contribution in [0.2, 0.25) is 0 Å². The predicted molar refractivity (Wildman–Crippen MR) is 81.1 cm³/mol. The Kier molecular flexibility index (Phi) is 4.93. The first-order valence-electron chi connectivity index (χ1n) is 6.58. The minimum atomic E-state index is 0.698. The van der Waals surface area contributed by atoms with Crippen LogP contribution >= 0.6 is 11.3 Å². The first-order chi connectivity index (χ1) is 9.24. The maximum Gasteiger partial charge on any atom is 0.119 e. The predicted octanol–water partition coefficient (Wildman–Crippen LogP) is 3.28. The number of nitrogens with one attached hydrogen (secondary N) is 1. The lowest BCUT2D eigenvalue weighted by atomic mass is 10.1. The number of thiazole rings is 1. The van der Waals surface area contributed by atoms with Gasteiger partial charge in [0.2, 0.25) is 0 Å². The first kappa shape index (κ1) is 14.0. The average molecular weight is 276 g/mol. The number of rotatable bonds is 6. The zero-order valence-corrected chi connectivity index (χ0v) is 12.5. The molecule has 0 aliphatic heterocycles. The van der Waals surface area contributed by atoms with Gasteiger partial charge in [0.05, 0.1) is 17.3 Å². The third kappa shape index (κ3) is 3.55. The van der Waals surface area contributed by atoms with Crippen LogP contribution < -0.4 is 10.1 Å². The number of aromatic nitrogens is 1. The van der Waals surface area contributed by atoms with Crippen LogP contribution in [0, 0.1) is 6.92 Å². The van der Waals surface area contributed by atoms with Crippen molar-refractivity contribution in [2.45, 2.75) is 20.3 Å². The van der Waals surface area contributed by atoms with Crippen molar-refractivity contribution >= 4 is 11.3 Å². The molecule has 1 aromatic heterocycles. The zero-order valence-electron chi connectivity index (χ0n) is 11.7. The molecule has 3 nitrogen and oxygen atoms in total. The Balaban J connectivity index is 2.18. The highest BCUT2D eigenvalue weighted by Gasteiger charge is 2.09. The molecule has 0 fully saturated rings. The monoisotopic (exact) mass is 276 g/mol. The van der Waals surface area contributed by atoms with E-state index in [1.807, 2.05) is 26.1 Å². The summed E-state index contributed by atoms with van der Waals surface area (Å²) in [5.41, 5.74) is 2.26. The van der Waals surface area contributed by atoms with Gasteiger partial charge in [-0.15, -0.1) is 11.3 Å². The van der Waals surface area contributed by atoms with Crippen LogP contribution in [-0.2, 0) is 6.42 Å². The molecule has 1 heterocycles. The molecule has 1 N–H and O–H groups in total. The number of nitrogens with zero attached hydrogens (tertiary/aromatic N) is 1. The van der Waals surface area contributed by atoms with Gasteiger partial charge in [0.15, 0.2) is 0 Å². The minimum absolute atomic E-state index is 0.698. The van der Waals surface area contributed by atoms with E-state index < -0.39 is 0 Å². The van der Waals surface area contributed by atoms with Crippen molar-refractivity contribution in [1.29, 1.82) is 0 Å². The van der Waals surface area contributed by atoms with Gasteiger partial charge in [-0.3, -0.25) is 0 Å². The number of hydrogen-bond donors (Lipinski definition) is 1. The molecule has 0 atom stereocenters. The van der Waals surface area contributed by atoms with Gasteiger partial charge in [0, 0.05) is 23.4 Å². The molecule has 2 rings (SSSR count). The van der Waals surface area contributed by atoms with Crippen molar-refractivity contribution < 1.29 is 4.74 Å². The molecule has 0 amide bonds. The van der Waals surface area contributed by atoms with E-state index >= 15 is 0 Å². The number of ether oxygens (including phenoxy) is 1. The van der Waals surface area contributed by atoms with Crippen molar-refractivity contribution in [2.24, 2.45) is 0 Å². The molecule has 0 bridgehead atoms. The number of benzene rings is 1. The lowest BCUT2D eigenvalue weighted by Crippen LogP contribution is -2.09. The van der Waals surface area contributed by atoms with Gasteiger partial charge in [-0.2, -0.15) is 0 Å². The molecule has 1 aromatic carbocycles. The highest BCUT2D eigenvalue weighted by atomic mass is 32.1. The Morgan fingerprint density at radius 2 is 2.00 bits per heavy atom. The maximum absolute atomic E-state index is 5.46. The largest absolute Gasteiger partial charge is 0.494 e. The van der Waals surface area contributed by atoms with Gasteiger partial charge in [0.25, 0.3) is 0 Å². The lowest BCUT2D eigenvalue weighted by molar-refractivity contribution is 0.340. The fourth-order valence-corrected chi connectivity index (χ4v) is 2.89. The van der Waals surface area contributed by atoms with E-state index in [0.717, 1.165) is 30.0 Å². The average Bonchev–Trinajstić information content (AvgIpc) is 2.79. The first-order valence-corrected chi connectivity index (χ1v) is 7.40. The number of hydrogen-bond acceptors (Lipinski definition) is 4. The molecule has 0 saturated carbocycles. The summed E-state index contributed by atoms with van der Waals surface area (Å²) < 4.78 is 5.46. The van der Waals surface area contributed by atoms with Crippen LogP contribution in [-0.4, -0.2) is 25.2 Å². The minimum Gasteiger partial charge on any atom is -0.494 e. The van der Waals surface area contributed by atoms with Crippen LogP contribution in [0.25, 0.3) is 11.3 Å². The Bertz CT molecular complexity index is 519. The standard InChI is InChI=1S/C15H20N2OS/c1-4-18-13-7-5-12(6-8-13)15-11(2)19-14(17-15)9-10-16-3/h5-8,16H,4,9-10H2,1-3H3. The number of likely N-dealkylation sites (N-methyl/N-ethyl adjacent to an activating group) is 1. The van der Waals surface area contributed by atoms with E-state index in [4.69, 9.17) is 9.72 Å². The zero-order chi connectivity index (χ0) is 13.7. The van der Waals surface area contributed by atoms with Crippen LogP contribution in [0.3, 0.4) is 0 Å². The maximum atomic E-state index is 5.46. The summed E-state index contributed by atoms with van der Waals surface area (Å²) in [7, 11) is 1.97. The fraction of sp³-hybridized carbons (Fsp3) is 0.400. The van der Waals surface area contributed by atoms with Crippen molar-refractivity contribution in [3.63, 3.8) is 0 Å². The summed E-state index contributed by atoms with van der Waals surface area (Å²) in [4.78, 5) is 6.00. The topological polar surface area (TPSA) is 34.1 Å². The van der Waals surface area contributed by atoms with Crippen molar-refractivity contribution in [1.82, 2.24) is 10.3 Å². The molecule has 102 valence electrons. The highest BCUT2D eigenvalue weighted by molar-refractivity contribution is 7.12. The fourth-order valence-electron chi connectivity index (χ4n) is 1.93. The van der Waals surface area contributed by atoms with Crippen molar-refractivity contribution in [3.8, 4) is 17.0 Å². The molecule has 0 unspecified atom stereocenters. The second-order valence-corrected chi connectivity index (χ2v) is 5.61. The van der Waals surface area contributed by atoms with Crippen LogP contribution in [0.4, 0.5) is 0 Å². The van der Waals surface area contributed by atoms with Crippen LogP contribution in [0.5, 0.6) is 5.75 Å². The van der Waals surface area contributed by atoms with E-state index in [2.05, 4.69) is 24.4 Å². The number of aryl methyl sites for hydroxylation is 1. The molecule has 19 heavy (non-hydrogen) atoms. The SMILES string of the molecule is CCOc1ccc(-c2nc(CCNC)sc2C)cc1.